The number of hydrogen-bond donors (Lipinski definition) is 1. The van der Waals surface area contributed by atoms with E-state index in [2.05, 4.69) is 25.2 Å². The lowest BCUT2D eigenvalue weighted by Crippen LogP contribution is -2.35. The molecular weight excluding hydrogens is 298 g/mol. The number of piperidine rings is 1. The largest absolute Gasteiger partial charge is 0.356 e. The molecule has 3 heterocycles. The van der Waals surface area contributed by atoms with Gasteiger partial charge in [-0.2, -0.15) is 0 Å². The van der Waals surface area contributed by atoms with Gasteiger partial charge in [0.15, 0.2) is 5.13 Å². The number of carbonyl (C=O) groups excluding carboxylic acids is 1. The minimum absolute atomic E-state index is 0.0809. The molecule has 1 aliphatic rings. The van der Waals surface area contributed by atoms with Gasteiger partial charge >= 0.3 is 0 Å². The van der Waals surface area contributed by atoms with Gasteiger partial charge in [-0.1, -0.05) is 0 Å². The summed E-state index contributed by atoms with van der Waals surface area (Å²) in [6.45, 7) is 5.32. The fourth-order valence-electron chi connectivity index (χ4n) is 2.73. The lowest BCUT2D eigenvalue weighted by molar-refractivity contribution is -0.114. The summed E-state index contributed by atoms with van der Waals surface area (Å²) in [5.74, 6) is 2.07. The minimum atomic E-state index is -0.0809. The highest BCUT2D eigenvalue weighted by atomic mass is 32.1. The summed E-state index contributed by atoms with van der Waals surface area (Å²) >= 11 is 1.48. The van der Waals surface area contributed by atoms with E-state index in [1.807, 2.05) is 18.4 Å². The Morgan fingerprint density at radius 3 is 3.09 bits per heavy atom. The zero-order valence-corrected chi connectivity index (χ0v) is 13.6. The van der Waals surface area contributed by atoms with Crippen LogP contribution in [0.2, 0.25) is 0 Å². The van der Waals surface area contributed by atoms with E-state index in [0.717, 1.165) is 43.3 Å². The van der Waals surface area contributed by atoms with Gasteiger partial charge in [-0.15, -0.1) is 11.3 Å². The Hall–Kier alpha value is -2.02. The van der Waals surface area contributed by atoms with Crippen LogP contribution in [0.15, 0.2) is 17.6 Å². The Kier molecular flexibility index (Phi) is 4.33. The lowest BCUT2D eigenvalue weighted by Gasteiger charge is -2.32. The fraction of sp³-hybridized carbons (Fsp3) is 0.467. The summed E-state index contributed by atoms with van der Waals surface area (Å²) in [6, 6.07) is 1.96. The number of hydrogen-bond acceptors (Lipinski definition) is 6. The monoisotopic (exact) mass is 317 g/mol. The zero-order valence-electron chi connectivity index (χ0n) is 12.7. The van der Waals surface area contributed by atoms with Crippen molar-refractivity contribution in [3.05, 3.63) is 29.2 Å². The van der Waals surface area contributed by atoms with Crippen molar-refractivity contribution in [2.45, 2.75) is 32.6 Å². The third kappa shape index (κ3) is 3.41. The van der Waals surface area contributed by atoms with Crippen molar-refractivity contribution in [2.24, 2.45) is 0 Å². The van der Waals surface area contributed by atoms with E-state index in [4.69, 9.17) is 0 Å². The summed E-state index contributed by atoms with van der Waals surface area (Å²) in [5.41, 5.74) is 1.06. The Balaban J connectivity index is 1.72. The van der Waals surface area contributed by atoms with Crippen LogP contribution in [0.1, 0.15) is 37.2 Å². The van der Waals surface area contributed by atoms with Crippen molar-refractivity contribution >= 4 is 28.2 Å². The van der Waals surface area contributed by atoms with Crippen LogP contribution in [0, 0.1) is 6.92 Å². The van der Waals surface area contributed by atoms with E-state index in [9.17, 15) is 4.79 Å². The molecule has 3 rings (SSSR count). The Morgan fingerprint density at radius 2 is 2.32 bits per heavy atom. The summed E-state index contributed by atoms with van der Waals surface area (Å²) in [4.78, 5) is 26.6. The van der Waals surface area contributed by atoms with Crippen LogP contribution in [0.4, 0.5) is 10.9 Å². The predicted octanol–water partition coefficient (Wildman–Crippen LogP) is 2.58. The first-order valence-corrected chi connectivity index (χ1v) is 8.27. The molecule has 1 aliphatic heterocycles. The fourth-order valence-corrected chi connectivity index (χ4v) is 3.57. The molecule has 1 fully saturated rings. The van der Waals surface area contributed by atoms with Crippen molar-refractivity contribution < 1.29 is 4.79 Å². The second kappa shape index (κ2) is 6.39. The number of nitrogens with zero attached hydrogens (tertiary/aromatic N) is 4. The SMILES string of the molecule is CC(=O)Nc1nc([C@H]2CCCN(c3ccnc(C)n3)C2)cs1. The summed E-state index contributed by atoms with van der Waals surface area (Å²) < 4.78 is 0. The van der Waals surface area contributed by atoms with Crippen LogP contribution in [-0.2, 0) is 4.79 Å². The number of nitrogens with one attached hydrogen (secondary N) is 1. The van der Waals surface area contributed by atoms with Gasteiger partial charge in [0.1, 0.15) is 11.6 Å². The first kappa shape index (κ1) is 14.9. The Bertz CT molecular complexity index is 671. The molecule has 0 aliphatic carbocycles. The molecule has 0 spiro atoms. The molecule has 116 valence electrons. The number of anilines is 2. The van der Waals surface area contributed by atoms with Gasteiger partial charge in [-0.3, -0.25) is 4.79 Å². The molecule has 0 radical (unpaired) electrons. The number of rotatable bonds is 3. The van der Waals surface area contributed by atoms with Gasteiger partial charge in [0.2, 0.25) is 5.91 Å². The maximum absolute atomic E-state index is 11.1. The van der Waals surface area contributed by atoms with E-state index in [1.165, 1.54) is 18.3 Å². The van der Waals surface area contributed by atoms with E-state index >= 15 is 0 Å². The van der Waals surface area contributed by atoms with Gasteiger partial charge in [0.05, 0.1) is 5.69 Å². The Labute approximate surface area is 133 Å². The highest BCUT2D eigenvalue weighted by molar-refractivity contribution is 7.13. The van der Waals surface area contributed by atoms with Crippen LogP contribution < -0.4 is 10.2 Å². The number of thiazole rings is 1. The molecule has 1 atom stereocenters. The molecule has 1 saturated heterocycles. The molecular formula is C15H19N5OS. The lowest BCUT2D eigenvalue weighted by atomic mass is 9.95. The quantitative estimate of drug-likeness (QED) is 0.942. The van der Waals surface area contributed by atoms with E-state index in [0.29, 0.717) is 11.0 Å². The van der Waals surface area contributed by atoms with E-state index in [-0.39, 0.29) is 5.91 Å². The average Bonchev–Trinajstić information content (AvgIpc) is 2.95. The van der Waals surface area contributed by atoms with Crippen molar-refractivity contribution in [3.63, 3.8) is 0 Å². The van der Waals surface area contributed by atoms with Crippen LogP contribution in [0.3, 0.4) is 0 Å². The standard InChI is InChI=1S/C15H19N5OS/c1-10-16-6-5-14(17-10)20-7-3-4-12(8-20)13-9-22-15(19-13)18-11(2)21/h5-6,9,12H,3-4,7-8H2,1-2H3,(H,18,19,21)/t12-/m0/s1. The number of carbonyl (C=O) groups is 1. The molecule has 22 heavy (non-hydrogen) atoms. The normalized spacial score (nSPS) is 18.3. The highest BCUT2D eigenvalue weighted by Crippen LogP contribution is 2.31. The maximum Gasteiger partial charge on any atom is 0.223 e. The minimum Gasteiger partial charge on any atom is -0.356 e. The zero-order chi connectivity index (χ0) is 15.5. The van der Waals surface area contributed by atoms with Crippen LogP contribution >= 0.6 is 11.3 Å². The molecule has 7 heteroatoms. The van der Waals surface area contributed by atoms with Gasteiger partial charge in [0, 0.05) is 37.5 Å². The number of amides is 1. The topological polar surface area (TPSA) is 71.0 Å². The first-order chi connectivity index (χ1) is 10.6. The summed E-state index contributed by atoms with van der Waals surface area (Å²) in [7, 11) is 0. The molecule has 0 saturated carbocycles. The Morgan fingerprint density at radius 1 is 1.45 bits per heavy atom. The third-order valence-corrected chi connectivity index (χ3v) is 4.51. The van der Waals surface area contributed by atoms with Crippen LogP contribution in [0.25, 0.3) is 0 Å². The number of aryl methyl sites for hydroxylation is 1. The first-order valence-electron chi connectivity index (χ1n) is 7.39. The summed E-state index contributed by atoms with van der Waals surface area (Å²) in [6.07, 6.45) is 4.03. The molecule has 0 bridgehead atoms. The molecule has 6 nitrogen and oxygen atoms in total. The molecule has 2 aromatic rings. The molecule has 0 unspecified atom stereocenters. The second-order valence-corrected chi connectivity index (χ2v) is 6.36. The highest BCUT2D eigenvalue weighted by Gasteiger charge is 2.24. The van der Waals surface area contributed by atoms with E-state index in [1.54, 1.807) is 6.20 Å². The van der Waals surface area contributed by atoms with Gasteiger partial charge < -0.3 is 10.2 Å². The molecule has 1 amide bonds. The van der Waals surface area contributed by atoms with Crippen LogP contribution in [0.5, 0.6) is 0 Å². The van der Waals surface area contributed by atoms with Crippen molar-refractivity contribution in [1.29, 1.82) is 0 Å². The molecule has 0 aromatic carbocycles. The van der Waals surface area contributed by atoms with E-state index < -0.39 is 0 Å². The summed E-state index contributed by atoms with van der Waals surface area (Å²) in [5, 5.41) is 5.47. The number of aromatic nitrogens is 3. The van der Waals surface area contributed by atoms with Crippen molar-refractivity contribution in [3.8, 4) is 0 Å². The van der Waals surface area contributed by atoms with Crippen molar-refractivity contribution in [1.82, 2.24) is 15.0 Å². The molecule has 1 N–H and O–H groups in total. The average molecular weight is 317 g/mol. The van der Waals surface area contributed by atoms with Gasteiger partial charge in [0.25, 0.3) is 0 Å². The third-order valence-electron chi connectivity index (χ3n) is 3.73. The van der Waals surface area contributed by atoms with Gasteiger partial charge in [-0.25, -0.2) is 15.0 Å². The second-order valence-electron chi connectivity index (χ2n) is 5.51. The van der Waals surface area contributed by atoms with Crippen molar-refractivity contribution in [2.75, 3.05) is 23.3 Å². The smallest absolute Gasteiger partial charge is 0.223 e. The molecule has 2 aromatic heterocycles. The maximum atomic E-state index is 11.1. The predicted molar refractivity (Wildman–Crippen MR) is 87.4 cm³/mol. The van der Waals surface area contributed by atoms with Gasteiger partial charge in [-0.05, 0) is 25.8 Å². The van der Waals surface area contributed by atoms with Crippen LogP contribution in [-0.4, -0.2) is 33.9 Å².